The molecule has 4 unspecified atom stereocenters. The van der Waals surface area contributed by atoms with Gasteiger partial charge >= 0.3 is 5.97 Å². The van der Waals surface area contributed by atoms with Crippen LogP contribution in [0.4, 0.5) is 5.69 Å². The predicted octanol–water partition coefficient (Wildman–Crippen LogP) is 2.42. The molecule has 1 spiro atoms. The van der Waals surface area contributed by atoms with Crippen LogP contribution in [0.2, 0.25) is 0 Å². The second kappa shape index (κ2) is 5.33. The number of carbonyl (C=O) groups excluding carboxylic acids is 1. The standard InChI is InChI=1S/C21H26N2O3/c1-3-20-12-13(18(25)26-2)17-21(14-6-4-5-7-15(14)22-17)9-11-23(19(20)21)10-8-16(20)24/h4-7,16,19,22,24H,3,8-12H2,1-2H3. The van der Waals surface area contributed by atoms with E-state index in [9.17, 15) is 9.90 Å². The fourth-order valence-electron chi connectivity index (χ4n) is 6.48. The van der Waals surface area contributed by atoms with E-state index in [0.29, 0.717) is 6.42 Å². The van der Waals surface area contributed by atoms with E-state index in [1.165, 1.54) is 12.7 Å². The van der Waals surface area contributed by atoms with Crippen LogP contribution in [0.25, 0.3) is 0 Å². The van der Waals surface area contributed by atoms with Crippen LogP contribution < -0.4 is 5.32 Å². The molecule has 0 bridgehead atoms. The Morgan fingerprint density at radius 2 is 2.19 bits per heavy atom. The van der Waals surface area contributed by atoms with Crippen molar-refractivity contribution in [3.8, 4) is 0 Å². The van der Waals surface area contributed by atoms with Crippen LogP contribution in [-0.2, 0) is 14.9 Å². The summed E-state index contributed by atoms with van der Waals surface area (Å²) in [5, 5.41) is 14.7. The van der Waals surface area contributed by atoms with Crippen LogP contribution in [0.15, 0.2) is 35.5 Å². The monoisotopic (exact) mass is 354 g/mol. The Bertz CT molecular complexity index is 819. The smallest absolute Gasteiger partial charge is 0.335 e. The van der Waals surface area contributed by atoms with Crippen molar-refractivity contribution in [3.05, 3.63) is 41.1 Å². The normalized spacial score (nSPS) is 37.7. The number of methoxy groups -OCH3 is 1. The van der Waals surface area contributed by atoms with E-state index in [2.05, 4.69) is 35.3 Å². The lowest BCUT2D eigenvalue weighted by Gasteiger charge is -2.57. The summed E-state index contributed by atoms with van der Waals surface area (Å²) in [5.74, 6) is -0.262. The molecular formula is C21H26N2O3. The highest BCUT2D eigenvalue weighted by Gasteiger charge is 2.68. The molecule has 1 aromatic carbocycles. The van der Waals surface area contributed by atoms with Gasteiger partial charge in [-0.05, 0) is 43.9 Å². The molecule has 5 rings (SSSR count). The maximum Gasteiger partial charge on any atom is 0.335 e. The van der Waals surface area contributed by atoms with Gasteiger partial charge in [0.25, 0.3) is 0 Å². The number of aliphatic hydroxyl groups excluding tert-OH is 1. The first-order valence-corrected chi connectivity index (χ1v) is 9.69. The summed E-state index contributed by atoms with van der Waals surface area (Å²) in [6.07, 6.45) is 2.80. The Morgan fingerprint density at radius 1 is 1.38 bits per heavy atom. The lowest BCUT2D eigenvalue weighted by Crippen LogP contribution is -2.64. The third-order valence-corrected chi connectivity index (χ3v) is 7.53. The zero-order valence-corrected chi connectivity index (χ0v) is 15.4. The van der Waals surface area contributed by atoms with Crippen molar-refractivity contribution in [2.45, 2.75) is 50.2 Å². The summed E-state index contributed by atoms with van der Waals surface area (Å²) in [4.78, 5) is 15.3. The molecule has 5 nitrogen and oxygen atoms in total. The number of nitrogens with zero attached hydrogens (tertiary/aromatic N) is 1. The molecule has 5 heteroatoms. The molecule has 0 saturated carbocycles. The molecule has 0 radical (unpaired) electrons. The summed E-state index contributed by atoms with van der Waals surface area (Å²) < 4.78 is 5.17. The number of fused-ring (bicyclic) bond motifs is 1. The Kier molecular flexibility index (Phi) is 3.35. The van der Waals surface area contributed by atoms with E-state index >= 15 is 0 Å². The molecule has 0 aromatic heterocycles. The summed E-state index contributed by atoms with van der Waals surface area (Å²) in [6, 6.07) is 8.64. The van der Waals surface area contributed by atoms with Gasteiger partial charge in [0.15, 0.2) is 0 Å². The summed E-state index contributed by atoms with van der Waals surface area (Å²) in [7, 11) is 1.45. The van der Waals surface area contributed by atoms with Crippen LogP contribution in [0.5, 0.6) is 0 Å². The van der Waals surface area contributed by atoms with Crippen molar-refractivity contribution in [3.63, 3.8) is 0 Å². The first kappa shape index (κ1) is 16.3. The molecule has 2 fully saturated rings. The third kappa shape index (κ3) is 1.71. The molecule has 3 heterocycles. The van der Waals surface area contributed by atoms with Crippen molar-refractivity contribution in [2.24, 2.45) is 5.41 Å². The average molecular weight is 354 g/mol. The number of esters is 1. The molecule has 2 N–H and O–H groups in total. The van der Waals surface area contributed by atoms with Crippen LogP contribution in [0, 0.1) is 5.41 Å². The highest BCUT2D eigenvalue weighted by atomic mass is 16.5. The minimum Gasteiger partial charge on any atom is -0.466 e. The van der Waals surface area contributed by atoms with Gasteiger partial charge in [-0.25, -0.2) is 4.79 Å². The third-order valence-electron chi connectivity index (χ3n) is 7.53. The molecule has 4 atom stereocenters. The predicted molar refractivity (Wildman–Crippen MR) is 98.7 cm³/mol. The molecule has 0 amide bonds. The lowest BCUT2D eigenvalue weighted by atomic mass is 9.52. The van der Waals surface area contributed by atoms with Gasteiger partial charge in [-0.2, -0.15) is 0 Å². The SMILES string of the molecule is CCC12CC(C(=O)OC)=C3Nc4ccccc4C34CCN(CCC1O)C42. The number of aliphatic hydroxyl groups is 1. The van der Waals surface area contributed by atoms with Gasteiger partial charge in [-0.15, -0.1) is 0 Å². The summed E-state index contributed by atoms with van der Waals surface area (Å²) in [6.45, 7) is 4.10. The number of carbonyl (C=O) groups is 1. The quantitative estimate of drug-likeness (QED) is 0.799. The summed E-state index contributed by atoms with van der Waals surface area (Å²) in [5.41, 5.74) is 3.57. The molecule has 1 aliphatic carbocycles. The second-order valence-electron chi connectivity index (χ2n) is 8.24. The van der Waals surface area contributed by atoms with Crippen LogP contribution in [0.1, 0.15) is 38.2 Å². The Morgan fingerprint density at radius 3 is 2.96 bits per heavy atom. The number of ether oxygens (including phenoxy) is 1. The van der Waals surface area contributed by atoms with Crippen molar-refractivity contribution in [1.29, 1.82) is 0 Å². The number of benzene rings is 1. The first-order valence-electron chi connectivity index (χ1n) is 9.69. The molecule has 3 aliphatic heterocycles. The van der Waals surface area contributed by atoms with Gasteiger partial charge in [0.1, 0.15) is 0 Å². The topological polar surface area (TPSA) is 61.8 Å². The van der Waals surface area contributed by atoms with E-state index < -0.39 is 6.10 Å². The molecule has 1 aromatic rings. The maximum atomic E-state index is 12.8. The zero-order valence-electron chi connectivity index (χ0n) is 15.4. The van der Waals surface area contributed by atoms with Gasteiger partial charge in [-0.1, -0.05) is 25.1 Å². The second-order valence-corrected chi connectivity index (χ2v) is 8.24. The molecule has 138 valence electrons. The van der Waals surface area contributed by atoms with Gasteiger partial charge in [0, 0.05) is 29.4 Å². The number of hydrogen-bond acceptors (Lipinski definition) is 5. The van der Waals surface area contributed by atoms with Gasteiger partial charge in [0.05, 0.1) is 24.2 Å². The minimum atomic E-state index is -0.391. The van der Waals surface area contributed by atoms with E-state index in [-0.39, 0.29) is 22.8 Å². The van der Waals surface area contributed by atoms with Crippen molar-refractivity contribution in [2.75, 3.05) is 25.5 Å². The number of para-hydroxylation sites is 1. The van der Waals surface area contributed by atoms with Crippen molar-refractivity contribution >= 4 is 11.7 Å². The van der Waals surface area contributed by atoms with Gasteiger partial charge < -0.3 is 15.2 Å². The van der Waals surface area contributed by atoms with Crippen molar-refractivity contribution < 1.29 is 14.6 Å². The maximum absolute atomic E-state index is 12.8. The molecule has 4 aliphatic rings. The number of hydrogen-bond donors (Lipinski definition) is 2. The van der Waals surface area contributed by atoms with Gasteiger partial charge in [0.2, 0.25) is 0 Å². The van der Waals surface area contributed by atoms with Gasteiger partial charge in [-0.3, -0.25) is 4.90 Å². The molecular weight excluding hydrogens is 328 g/mol. The van der Waals surface area contributed by atoms with E-state index in [4.69, 9.17) is 4.74 Å². The summed E-state index contributed by atoms with van der Waals surface area (Å²) >= 11 is 0. The number of piperidine rings is 1. The number of nitrogens with one attached hydrogen (secondary N) is 1. The fourth-order valence-corrected chi connectivity index (χ4v) is 6.48. The molecule has 2 saturated heterocycles. The number of rotatable bonds is 2. The zero-order chi connectivity index (χ0) is 18.1. The number of anilines is 1. The van der Waals surface area contributed by atoms with Crippen LogP contribution >= 0.6 is 0 Å². The Hall–Kier alpha value is -1.85. The lowest BCUT2D eigenvalue weighted by molar-refractivity contribution is -0.139. The first-order chi connectivity index (χ1) is 12.6. The average Bonchev–Trinajstić information content (AvgIpc) is 3.23. The van der Waals surface area contributed by atoms with E-state index in [1.54, 1.807) is 0 Å². The minimum absolute atomic E-state index is 0.225. The highest BCUT2D eigenvalue weighted by molar-refractivity contribution is 5.93. The van der Waals surface area contributed by atoms with Crippen molar-refractivity contribution in [1.82, 2.24) is 4.90 Å². The fraction of sp³-hybridized carbons (Fsp3) is 0.571. The Labute approximate surface area is 154 Å². The van der Waals surface area contributed by atoms with E-state index in [0.717, 1.165) is 49.3 Å². The van der Waals surface area contributed by atoms with Crippen LogP contribution in [0.3, 0.4) is 0 Å². The van der Waals surface area contributed by atoms with E-state index in [1.807, 2.05) is 6.07 Å². The molecule has 26 heavy (non-hydrogen) atoms. The van der Waals surface area contributed by atoms with Crippen LogP contribution in [-0.4, -0.2) is 48.3 Å². The largest absolute Gasteiger partial charge is 0.466 e. The Balaban J connectivity index is 1.83. The highest BCUT2D eigenvalue weighted by Crippen LogP contribution is 2.65.